The summed E-state index contributed by atoms with van der Waals surface area (Å²) < 4.78 is 18.3. The van der Waals surface area contributed by atoms with Gasteiger partial charge in [0, 0.05) is 29.2 Å². The van der Waals surface area contributed by atoms with E-state index in [2.05, 4.69) is 82.0 Å². The zero-order valence-corrected chi connectivity index (χ0v) is 24.8. The van der Waals surface area contributed by atoms with Gasteiger partial charge in [-0.25, -0.2) is 0 Å². The molecule has 40 heavy (non-hydrogen) atoms. The van der Waals surface area contributed by atoms with Crippen molar-refractivity contribution in [1.82, 2.24) is 0 Å². The third-order valence-electron chi connectivity index (χ3n) is 6.63. The van der Waals surface area contributed by atoms with Crippen LogP contribution in [0.1, 0.15) is 36.0 Å². The summed E-state index contributed by atoms with van der Waals surface area (Å²) in [6.07, 6.45) is 0.736. The van der Waals surface area contributed by atoms with E-state index in [1.807, 2.05) is 25.1 Å². The SMILES string of the molecule is CC#C[C@@H](CC1=NN=NC1)c1ccc(OCc2ccc3scc(-c4ccc(OCCOC)cc4C)c3c2)cc1.S. The molecule has 0 spiro atoms. The number of aryl methyl sites for hydroxylation is 1. The Morgan fingerprint density at radius 3 is 2.50 bits per heavy atom. The Morgan fingerprint density at radius 2 is 1.77 bits per heavy atom. The van der Waals surface area contributed by atoms with Crippen LogP contribution in [0, 0.1) is 18.8 Å². The molecule has 1 aliphatic heterocycles. The first-order valence-electron chi connectivity index (χ1n) is 12.9. The molecule has 0 amide bonds. The van der Waals surface area contributed by atoms with Gasteiger partial charge in [-0.05, 0) is 83.1 Å². The minimum Gasteiger partial charge on any atom is -0.491 e. The Bertz CT molecular complexity index is 1570. The monoisotopic (exact) mass is 571 g/mol. The summed E-state index contributed by atoms with van der Waals surface area (Å²) in [7, 11) is 1.68. The Balaban J connectivity index is 0.00000370. The molecular formula is C32H33N3O3S2. The summed E-state index contributed by atoms with van der Waals surface area (Å²) in [6, 6.07) is 21.0. The molecule has 0 aliphatic carbocycles. The minimum absolute atomic E-state index is 0. The zero-order valence-electron chi connectivity index (χ0n) is 22.9. The lowest BCUT2D eigenvalue weighted by molar-refractivity contribution is 0.146. The Labute approximate surface area is 246 Å². The van der Waals surface area contributed by atoms with Crippen LogP contribution >= 0.6 is 24.8 Å². The van der Waals surface area contributed by atoms with Crippen molar-refractivity contribution in [3.05, 3.63) is 82.7 Å². The van der Waals surface area contributed by atoms with E-state index in [-0.39, 0.29) is 19.4 Å². The van der Waals surface area contributed by atoms with Crippen LogP contribution in [0.25, 0.3) is 21.2 Å². The van der Waals surface area contributed by atoms with Crippen molar-refractivity contribution in [2.24, 2.45) is 15.4 Å². The number of thiophene rings is 1. The van der Waals surface area contributed by atoms with E-state index >= 15 is 0 Å². The number of hydrogen-bond donors (Lipinski definition) is 0. The average molecular weight is 572 g/mol. The molecule has 2 heterocycles. The largest absolute Gasteiger partial charge is 0.491 e. The highest BCUT2D eigenvalue weighted by Gasteiger charge is 2.15. The van der Waals surface area contributed by atoms with Gasteiger partial charge in [-0.15, -0.1) is 22.4 Å². The van der Waals surface area contributed by atoms with Gasteiger partial charge >= 0.3 is 0 Å². The van der Waals surface area contributed by atoms with Crippen LogP contribution in [0.5, 0.6) is 11.5 Å². The highest BCUT2D eigenvalue weighted by Crippen LogP contribution is 2.37. The van der Waals surface area contributed by atoms with Gasteiger partial charge in [0.15, 0.2) is 0 Å². The Hall–Kier alpha value is -3.64. The van der Waals surface area contributed by atoms with E-state index in [4.69, 9.17) is 14.2 Å². The fourth-order valence-electron chi connectivity index (χ4n) is 4.62. The molecule has 0 fully saturated rings. The molecule has 0 bridgehead atoms. The predicted octanol–water partition coefficient (Wildman–Crippen LogP) is 7.91. The first-order chi connectivity index (χ1) is 19.1. The van der Waals surface area contributed by atoms with Gasteiger partial charge in [-0.1, -0.05) is 30.2 Å². The van der Waals surface area contributed by atoms with Crippen molar-refractivity contribution in [3.8, 4) is 34.5 Å². The maximum absolute atomic E-state index is 6.16. The second-order valence-electron chi connectivity index (χ2n) is 9.36. The molecule has 0 radical (unpaired) electrons. The van der Waals surface area contributed by atoms with Crippen LogP contribution in [-0.4, -0.2) is 32.6 Å². The molecular weight excluding hydrogens is 539 g/mol. The normalized spacial score (nSPS) is 12.8. The Morgan fingerprint density at radius 1 is 0.950 bits per heavy atom. The smallest absolute Gasteiger partial charge is 0.119 e. The summed E-state index contributed by atoms with van der Waals surface area (Å²) in [4.78, 5) is 0. The fourth-order valence-corrected chi connectivity index (χ4v) is 5.56. The van der Waals surface area contributed by atoms with E-state index in [1.54, 1.807) is 18.4 Å². The molecule has 0 N–H and O–H groups in total. The Kier molecular flexibility index (Phi) is 10.4. The van der Waals surface area contributed by atoms with Crippen LogP contribution < -0.4 is 9.47 Å². The molecule has 1 aliphatic rings. The molecule has 8 heteroatoms. The van der Waals surface area contributed by atoms with Crippen molar-refractivity contribution in [3.63, 3.8) is 0 Å². The third kappa shape index (κ3) is 7.11. The van der Waals surface area contributed by atoms with Gasteiger partial charge in [-0.2, -0.15) is 18.6 Å². The number of rotatable bonds is 11. The topological polar surface area (TPSA) is 64.8 Å². The van der Waals surface area contributed by atoms with Gasteiger partial charge in [0.25, 0.3) is 0 Å². The predicted molar refractivity (Wildman–Crippen MR) is 168 cm³/mol. The van der Waals surface area contributed by atoms with Gasteiger partial charge in [0.1, 0.15) is 31.3 Å². The lowest BCUT2D eigenvalue weighted by atomic mass is 9.94. The lowest BCUT2D eigenvalue weighted by Crippen LogP contribution is -2.07. The number of methoxy groups -OCH3 is 1. The number of ether oxygens (including phenoxy) is 3. The average Bonchev–Trinajstić information content (AvgIpc) is 3.62. The highest BCUT2D eigenvalue weighted by atomic mass is 32.1. The minimum atomic E-state index is 0. The van der Waals surface area contributed by atoms with Crippen LogP contribution in [-0.2, 0) is 11.3 Å². The summed E-state index contributed by atoms with van der Waals surface area (Å²) in [5.41, 5.74) is 6.86. The lowest BCUT2D eigenvalue weighted by Gasteiger charge is -2.12. The molecule has 1 atom stereocenters. The number of fused-ring (bicyclic) bond motifs is 1. The van der Waals surface area contributed by atoms with Crippen LogP contribution in [0.3, 0.4) is 0 Å². The van der Waals surface area contributed by atoms with Crippen LogP contribution in [0.4, 0.5) is 0 Å². The molecule has 3 aromatic carbocycles. The second-order valence-corrected chi connectivity index (χ2v) is 10.3. The fraction of sp³-hybridized carbons (Fsp3) is 0.281. The molecule has 0 unspecified atom stereocenters. The van der Waals surface area contributed by atoms with Gasteiger partial charge in [0.2, 0.25) is 0 Å². The number of benzene rings is 3. The summed E-state index contributed by atoms with van der Waals surface area (Å²) >= 11 is 1.76. The van der Waals surface area contributed by atoms with Gasteiger partial charge < -0.3 is 14.2 Å². The van der Waals surface area contributed by atoms with Crippen LogP contribution in [0.15, 0.2) is 81.5 Å². The summed E-state index contributed by atoms with van der Waals surface area (Å²) in [5, 5.41) is 15.2. The van der Waals surface area contributed by atoms with Crippen molar-refractivity contribution >= 4 is 40.6 Å². The van der Waals surface area contributed by atoms with Crippen LogP contribution in [0.2, 0.25) is 0 Å². The molecule has 0 saturated heterocycles. The van der Waals surface area contributed by atoms with E-state index in [0.29, 0.717) is 26.4 Å². The van der Waals surface area contributed by atoms with Crippen molar-refractivity contribution in [2.45, 2.75) is 32.8 Å². The maximum Gasteiger partial charge on any atom is 0.119 e. The highest BCUT2D eigenvalue weighted by molar-refractivity contribution is 7.59. The summed E-state index contributed by atoms with van der Waals surface area (Å²) in [6.45, 7) is 6.16. The van der Waals surface area contributed by atoms with E-state index < -0.39 is 0 Å². The van der Waals surface area contributed by atoms with Crippen molar-refractivity contribution in [2.75, 3.05) is 26.9 Å². The standard InChI is InChI=1S/C32H31N3O3S.H2S/c1-4-5-25(18-26-19-33-35-34-26)24-7-9-27(10-8-24)38-20-23-6-13-32-30(17-23)31(21-39-32)29-12-11-28(16-22(29)2)37-15-14-36-3;/h6-13,16-17,21,25H,14-15,18-20H2,1-3H3;1H2/t25-;/m0./s1. The molecule has 6 nitrogen and oxygen atoms in total. The first kappa shape index (κ1) is 29.3. The van der Waals surface area contributed by atoms with E-state index in [1.165, 1.54) is 26.8 Å². The quantitative estimate of drug-likeness (QED) is 0.136. The molecule has 206 valence electrons. The number of nitrogens with zero attached hydrogens (tertiary/aromatic N) is 3. The van der Waals surface area contributed by atoms with Gasteiger partial charge in [-0.3, -0.25) is 0 Å². The molecule has 5 rings (SSSR count). The van der Waals surface area contributed by atoms with Gasteiger partial charge in [0.05, 0.1) is 18.2 Å². The van der Waals surface area contributed by atoms with E-state index in [0.717, 1.165) is 34.8 Å². The molecule has 4 aromatic rings. The summed E-state index contributed by atoms with van der Waals surface area (Å²) in [5.74, 6) is 8.09. The van der Waals surface area contributed by atoms with Crippen molar-refractivity contribution < 1.29 is 14.2 Å². The third-order valence-corrected chi connectivity index (χ3v) is 7.59. The van der Waals surface area contributed by atoms with E-state index in [9.17, 15) is 0 Å². The molecule has 1 aromatic heterocycles. The van der Waals surface area contributed by atoms with Crippen molar-refractivity contribution in [1.29, 1.82) is 0 Å². The first-order valence-corrected chi connectivity index (χ1v) is 13.8. The number of hydrogen-bond acceptors (Lipinski definition) is 7. The molecule has 0 saturated carbocycles. The second kappa shape index (κ2) is 14.1. The maximum atomic E-state index is 6.16. The zero-order chi connectivity index (χ0) is 27.0.